The topological polar surface area (TPSA) is 86.6 Å². The molecule has 1 aromatic rings. The molecule has 1 aliphatic carbocycles. The van der Waals surface area contributed by atoms with Crippen LogP contribution in [0.25, 0.3) is 0 Å². The van der Waals surface area contributed by atoms with Gasteiger partial charge < -0.3 is 15.5 Å². The van der Waals surface area contributed by atoms with Crippen molar-refractivity contribution in [2.24, 2.45) is 0 Å². The summed E-state index contributed by atoms with van der Waals surface area (Å²) in [6.45, 7) is 0.726. The van der Waals surface area contributed by atoms with E-state index in [4.69, 9.17) is 5.11 Å². The van der Waals surface area contributed by atoms with Gasteiger partial charge in [0.05, 0.1) is 12.0 Å². The van der Waals surface area contributed by atoms with E-state index in [2.05, 4.69) is 5.32 Å². The third-order valence-corrected chi connectivity index (χ3v) is 4.07. The van der Waals surface area contributed by atoms with Gasteiger partial charge in [-0.05, 0) is 37.5 Å². The van der Waals surface area contributed by atoms with Gasteiger partial charge in [0.15, 0.2) is 5.60 Å². The number of carboxylic acid groups (broad SMARTS) is 1. The number of carboxylic acids is 1. The number of aliphatic hydroxyl groups is 1. The summed E-state index contributed by atoms with van der Waals surface area (Å²) in [6.07, 6.45) is 2.01. The lowest BCUT2D eigenvalue weighted by Gasteiger charge is -2.41. The lowest BCUT2D eigenvalue weighted by atomic mass is 9.63. The average molecular weight is 295 g/mol. The van der Waals surface area contributed by atoms with Gasteiger partial charge in [-0.2, -0.15) is 0 Å². The SMILES string of the molecule is CC(O)(CNC(=O)C1(c2cccc(F)c2)CCC1)C(=O)O. The molecule has 0 heterocycles. The van der Waals surface area contributed by atoms with E-state index in [-0.39, 0.29) is 5.91 Å². The van der Waals surface area contributed by atoms with Gasteiger partial charge in [0.1, 0.15) is 5.82 Å². The van der Waals surface area contributed by atoms with Gasteiger partial charge in [-0.1, -0.05) is 18.6 Å². The minimum absolute atomic E-state index is 0.374. The maximum Gasteiger partial charge on any atom is 0.337 e. The maximum absolute atomic E-state index is 13.4. The van der Waals surface area contributed by atoms with Crippen LogP contribution in [0.3, 0.4) is 0 Å². The van der Waals surface area contributed by atoms with Crippen LogP contribution in [0.15, 0.2) is 24.3 Å². The summed E-state index contributed by atoms with van der Waals surface area (Å²) in [5.41, 5.74) is -2.26. The predicted molar refractivity (Wildman–Crippen MR) is 73.2 cm³/mol. The van der Waals surface area contributed by atoms with Crippen molar-refractivity contribution in [3.8, 4) is 0 Å². The molecule has 0 saturated heterocycles. The largest absolute Gasteiger partial charge is 0.479 e. The summed E-state index contributed by atoms with van der Waals surface area (Å²) in [5, 5.41) is 20.9. The first kappa shape index (κ1) is 15.4. The van der Waals surface area contributed by atoms with Crippen molar-refractivity contribution >= 4 is 11.9 Å². The van der Waals surface area contributed by atoms with Gasteiger partial charge in [0, 0.05) is 0 Å². The van der Waals surface area contributed by atoms with Crippen LogP contribution in [0.2, 0.25) is 0 Å². The molecule has 1 aliphatic rings. The van der Waals surface area contributed by atoms with Crippen molar-refractivity contribution in [3.05, 3.63) is 35.6 Å². The minimum atomic E-state index is -2.03. The first-order valence-corrected chi connectivity index (χ1v) is 6.78. The highest BCUT2D eigenvalue weighted by Gasteiger charge is 2.46. The van der Waals surface area contributed by atoms with Gasteiger partial charge >= 0.3 is 5.97 Å². The molecular formula is C15H18FNO4. The Morgan fingerprint density at radius 3 is 2.57 bits per heavy atom. The standard InChI is InChI=1S/C15H18FNO4/c1-14(21,13(19)20)9-17-12(18)15(6-3-7-15)10-4-2-5-11(16)8-10/h2,4-5,8,21H,3,6-7,9H2,1H3,(H,17,18)(H,19,20). The number of benzene rings is 1. The van der Waals surface area contributed by atoms with Crippen LogP contribution in [0.4, 0.5) is 4.39 Å². The van der Waals surface area contributed by atoms with E-state index in [9.17, 15) is 19.1 Å². The molecule has 0 spiro atoms. The number of hydrogen-bond acceptors (Lipinski definition) is 3. The highest BCUT2D eigenvalue weighted by Crippen LogP contribution is 2.44. The third kappa shape index (κ3) is 2.90. The lowest BCUT2D eigenvalue weighted by molar-refractivity contribution is -0.156. The van der Waals surface area contributed by atoms with Crippen LogP contribution in [-0.2, 0) is 15.0 Å². The molecule has 5 nitrogen and oxygen atoms in total. The molecule has 1 saturated carbocycles. The van der Waals surface area contributed by atoms with E-state index < -0.39 is 29.3 Å². The van der Waals surface area contributed by atoms with Crippen molar-refractivity contribution in [1.82, 2.24) is 5.32 Å². The van der Waals surface area contributed by atoms with E-state index in [1.54, 1.807) is 12.1 Å². The molecule has 3 N–H and O–H groups in total. The molecule has 0 aliphatic heterocycles. The summed E-state index contributed by atoms with van der Waals surface area (Å²) in [7, 11) is 0. The molecule has 21 heavy (non-hydrogen) atoms. The number of hydrogen-bond donors (Lipinski definition) is 3. The van der Waals surface area contributed by atoms with Crippen molar-refractivity contribution < 1.29 is 24.2 Å². The van der Waals surface area contributed by atoms with E-state index in [0.29, 0.717) is 18.4 Å². The molecule has 6 heteroatoms. The fraction of sp³-hybridized carbons (Fsp3) is 0.467. The van der Waals surface area contributed by atoms with Crippen LogP contribution in [0, 0.1) is 5.82 Å². The monoisotopic (exact) mass is 295 g/mol. The fourth-order valence-corrected chi connectivity index (χ4v) is 2.46. The Bertz CT molecular complexity index is 567. The number of carbonyl (C=O) groups excluding carboxylic acids is 1. The van der Waals surface area contributed by atoms with Gasteiger partial charge in [0.25, 0.3) is 0 Å². The zero-order chi connectivity index (χ0) is 15.7. The number of halogens is 1. The second kappa shape index (κ2) is 5.44. The molecule has 114 valence electrons. The average Bonchev–Trinajstić information content (AvgIpc) is 2.35. The van der Waals surface area contributed by atoms with E-state index in [1.807, 2.05) is 0 Å². The van der Waals surface area contributed by atoms with Crippen molar-refractivity contribution in [2.75, 3.05) is 6.54 Å². The molecule has 2 rings (SSSR count). The first-order valence-electron chi connectivity index (χ1n) is 6.78. The molecule has 0 radical (unpaired) electrons. The summed E-state index contributed by atoms with van der Waals surface area (Å²) < 4.78 is 13.4. The van der Waals surface area contributed by atoms with Crippen LogP contribution in [0.1, 0.15) is 31.7 Å². The van der Waals surface area contributed by atoms with Crippen LogP contribution in [-0.4, -0.2) is 34.2 Å². The Balaban J connectivity index is 2.14. The van der Waals surface area contributed by atoms with Gasteiger partial charge in [-0.15, -0.1) is 0 Å². The normalized spacial score (nSPS) is 19.2. The Hall–Kier alpha value is -1.95. The Kier molecular flexibility index (Phi) is 4.00. The summed E-state index contributed by atoms with van der Waals surface area (Å²) >= 11 is 0. The molecule has 1 atom stereocenters. The summed E-state index contributed by atoms with van der Waals surface area (Å²) in [4.78, 5) is 23.2. The Morgan fingerprint density at radius 1 is 1.43 bits per heavy atom. The highest BCUT2D eigenvalue weighted by molar-refractivity contribution is 5.90. The molecular weight excluding hydrogens is 277 g/mol. The summed E-state index contributed by atoms with van der Waals surface area (Å²) in [5.74, 6) is -2.19. The zero-order valence-corrected chi connectivity index (χ0v) is 11.7. The maximum atomic E-state index is 13.4. The second-order valence-electron chi connectivity index (χ2n) is 5.71. The minimum Gasteiger partial charge on any atom is -0.479 e. The van der Waals surface area contributed by atoms with Crippen LogP contribution in [0.5, 0.6) is 0 Å². The van der Waals surface area contributed by atoms with Crippen molar-refractivity contribution in [1.29, 1.82) is 0 Å². The fourth-order valence-electron chi connectivity index (χ4n) is 2.46. The zero-order valence-electron chi connectivity index (χ0n) is 11.7. The third-order valence-electron chi connectivity index (χ3n) is 4.07. The molecule has 1 fully saturated rings. The smallest absolute Gasteiger partial charge is 0.337 e. The van der Waals surface area contributed by atoms with Gasteiger partial charge in [0.2, 0.25) is 5.91 Å². The predicted octanol–water partition coefficient (Wildman–Crippen LogP) is 1.20. The number of nitrogens with one attached hydrogen (secondary N) is 1. The number of carbonyl (C=O) groups is 2. The van der Waals surface area contributed by atoms with Crippen LogP contribution < -0.4 is 5.32 Å². The van der Waals surface area contributed by atoms with Crippen molar-refractivity contribution in [2.45, 2.75) is 37.2 Å². The second-order valence-corrected chi connectivity index (χ2v) is 5.71. The van der Waals surface area contributed by atoms with E-state index in [1.165, 1.54) is 12.1 Å². The quantitative estimate of drug-likeness (QED) is 0.762. The molecule has 1 unspecified atom stereocenters. The number of amides is 1. The van der Waals surface area contributed by atoms with Crippen molar-refractivity contribution in [3.63, 3.8) is 0 Å². The Morgan fingerprint density at radius 2 is 2.10 bits per heavy atom. The molecule has 0 aromatic heterocycles. The number of rotatable bonds is 5. The van der Waals surface area contributed by atoms with Gasteiger partial charge in [-0.25, -0.2) is 9.18 Å². The number of aliphatic carboxylic acids is 1. The molecule has 1 aromatic carbocycles. The van der Waals surface area contributed by atoms with E-state index in [0.717, 1.165) is 13.3 Å². The van der Waals surface area contributed by atoms with E-state index >= 15 is 0 Å². The lowest BCUT2D eigenvalue weighted by Crippen LogP contribution is -2.54. The Labute approximate surface area is 121 Å². The highest BCUT2D eigenvalue weighted by atomic mass is 19.1. The molecule has 1 amide bonds. The summed E-state index contributed by atoms with van der Waals surface area (Å²) in [6, 6.07) is 5.87. The van der Waals surface area contributed by atoms with Crippen LogP contribution >= 0.6 is 0 Å². The molecule has 0 bridgehead atoms. The first-order chi connectivity index (χ1) is 9.78. The van der Waals surface area contributed by atoms with Gasteiger partial charge in [-0.3, -0.25) is 4.79 Å².